The third-order valence-corrected chi connectivity index (χ3v) is 3.81. The van der Waals surface area contributed by atoms with E-state index in [1.807, 2.05) is 12.1 Å². The largest absolute Gasteiger partial charge is 0.494 e. The number of rotatable bonds is 4. The van der Waals surface area contributed by atoms with Crippen LogP contribution >= 0.6 is 12.2 Å². The van der Waals surface area contributed by atoms with E-state index in [1.165, 1.54) is 4.57 Å². The zero-order chi connectivity index (χ0) is 19.2. The van der Waals surface area contributed by atoms with Crippen molar-refractivity contribution < 1.29 is 9.90 Å². The van der Waals surface area contributed by atoms with Crippen molar-refractivity contribution in [1.82, 2.24) is 15.0 Å². The van der Waals surface area contributed by atoms with Crippen LogP contribution < -0.4 is 16.3 Å². The van der Waals surface area contributed by atoms with Gasteiger partial charge in [0.1, 0.15) is 5.56 Å². The molecule has 1 aromatic heterocycles. The smallest absolute Gasteiger partial charge is 0.339 e. The van der Waals surface area contributed by atoms with Gasteiger partial charge < -0.3 is 10.4 Å². The van der Waals surface area contributed by atoms with E-state index in [0.29, 0.717) is 11.4 Å². The number of nitrogens with zero attached hydrogens (tertiary/aromatic N) is 2. The lowest BCUT2D eigenvalue weighted by atomic mass is 10.3. The minimum absolute atomic E-state index is 0.0376. The number of anilines is 1. The molecule has 0 aliphatic carbocycles. The number of urea groups is 1. The number of nitrogens with one attached hydrogen (secondary N) is 3. The average molecular weight is 381 g/mol. The van der Waals surface area contributed by atoms with E-state index >= 15 is 0 Å². The Balaban J connectivity index is 1.82. The SMILES string of the molecule is O=C(NN=Cc1c(O)n(-c2ccccc2)c(=S)[nH]c1=O)Nc1ccccc1. The number of hydrogen-bond donors (Lipinski definition) is 4. The number of hydrogen-bond acceptors (Lipinski definition) is 5. The lowest BCUT2D eigenvalue weighted by molar-refractivity contribution is 0.252. The van der Waals surface area contributed by atoms with Gasteiger partial charge in [-0.15, -0.1) is 0 Å². The standard InChI is InChI=1S/C18H15N5O3S/c24-15-14(11-19-22-17(26)20-12-7-3-1-4-8-12)16(25)23(18(27)21-15)13-9-5-2-6-10-13/h1-11,25H,(H2,20,22,26)(H,21,24,27). The van der Waals surface area contributed by atoms with Crippen LogP contribution in [0, 0.1) is 4.77 Å². The van der Waals surface area contributed by atoms with E-state index in [2.05, 4.69) is 20.8 Å². The van der Waals surface area contributed by atoms with Gasteiger partial charge in [0.15, 0.2) is 4.77 Å². The van der Waals surface area contributed by atoms with Crippen molar-refractivity contribution in [3.05, 3.63) is 81.4 Å². The van der Waals surface area contributed by atoms with Gasteiger partial charge in [-0.25, -0.2) is 10.2 Å². The Morgan fingerprint density at radius 3 is 2.41 bits per heavy atom. The number of hydrazone groups is 1. The minimum Gasteiger partial charge on any atom is -0.494 e. The lowest BCUT2D eigenvalue weighted by Gasteiger charge is -2.10. The van der Waals surface area contributed by atoms with Crippen molar-refractivity contribution in [2.75, 3.05) is 5.32 Å². The highest BCUT2D eigenvalue weighted by atomic mass is 32.1. The quantitative estimate of drug-likeness (QED) is 0.316. The van der Waals surface area contributed by atoms with Crippen LogP contribution in [0.2, 0.25) is 0 Å². The summed E-state index contributed by atoms with van der Waals surface area (Å²) in [4.78, 5) is 26.4. The van der Waals surface area contributed by atoms with Gasteiger partial charge in [0.2, 0.25) is 5.88 Å². The second-order valence-electron chi connectivity index (χ2n) is 5.36. The maximum Gasteiger partial charge on any atom is 0.339 e. The maximum atomic E-state index is 12.1. The normalized spacial score (nSPS) is 10.7. The van der Waals surface area contributed by atoms with Gasteiger partial charge in [0.25, 0.3) is 5.56 Å². The molecule has 0 fully saturated rings. The summed E-state index contributed by atoms with van der Waals surface area (Å²) in [5.74, 6) is -0.385. The van der Waals surface area contributed by atoms with Crippen LogP contribution in [-0.2, 0) is 0 Å². The highest BCUT2D eigenvalue weighted by Gasteiger charge is 2.12. The molecule has 136 valence electrons. The molecule has 3 aromatic rings. The molecular formula is C18H15N5O3S. The van der Waals surface area contributed by atoms with E-state index in [-0.39, 0.29) is 16.2 Å². The first-order valence-electron chi connectivity index (χ1n) is 7.85. The van der Waals surface area contributed by atoms with Crippen molar-refractivity contribution in [3.8, 4) is 11.6 Å². The predicted molar refractivity (Wildman–Crippen MR) is 105 cm³/mol. The van der Waals surface area contributed by atoms with Crippen LogP contribution in [0.4, 0.5) is 10.5 Å². The predicted octanol–water partition coefficient (Wildman–Crippen LogP) is 2.76. The zero-order valence-electron chi connectivity index (χ0n) is 13.9. The fourth-order valence-electron chi connectivity index (χ4n) is 2.31. The molecule has 0 bridgehead atoms. The molecular weight excluding hydrogens is 366 g/mol. The van der Waals surface area contributed by atoms with E-state index < -0.39 is 11.6 Å². The Morgan fingerprint density at radius 1 is 1.11 bits per heavy atom. The highest BCUT2D eigenvalue weighted by molar-refractivity contribution is 7.71. The van der Waals surface area contributed by atoms with Gasteiger partial charge in [0.05, 0.1) is 11.9 Å². The van der Waals surface area contributed by atoms with Crippen molar-refractivity contribution in [3.63, 3.8) is 0 Å². The molecule has 0 atom stereocenters. The molecule has 1 heterocycles. The fraction of sp³-hybridized carbons (Fsp3) is 0. The summed E-state index contributed by atoms with van der Waals surface area (Å²) in [7, 11) is 0. The Labute approximate surface area is 158 Å². The van der Waals surface area contributed by atoms with Crippen LogP contribution in [-0.4, -0.2) is 26.9 Å². The van der Waals surface area contributed by atoms with Crippen LogP contribution in [0.3, 0.4) is 0 Å². The van der Waals surface area contributed by atoms with Crippen molar-refractivity contribution in [2.45, 2.75) is 0 Å². The van der Waals surface area contributed by atoms with E-state index in [0.717, 1.165) is 6.21 Å². The second kappa shape index (κ2) is 8.11. The molecule has 0 radical (unpaired) electrons. The summed E-state index contributed by atoms with van der Waals surface area (Å²) < 4.78 is 1.33. The van der Waals surface area contributed by atoms with Crippen LogP contribution in [0.25, 0.3) is 5.69 Å². The van der Waals surface area contributed by atoms with Gasteiger partial charge in [-0.05, 0) is 36.5 Å². The molecule has 0 saturated heterocycles. The molecule has 0 spiro atoms. The molecule has 8 nitrogen and oxygen atoms in total. The molecule has 4 N–H and O–H groups in total. The lowest BCUT2D eigenvalue weighted by Crippen LogP contribution is -2.25. The van der Waals surface area contributed by atoms with Crippen molar-refractivity contribution >= 4 is 30.2 Å². The number of carbonyl (C=O) groups excluding carboxylic acids is 1. The van der Waals surface area contributed by atoms with Crippen molar-refractivity contribution in [2.24, 2.45) is 5.10 Å². The topological polar surface area (TPSA) is 112 Å². The minimum atomic E-state index is -0.626. The molecule has 0 aliphatic rings. The second-order valence-corrected chi connectivity index (χ2v) is 5.74. The van der Waals surface area contributed by atoms with Gasteiger partial charge in [-0.1, -0.05) is 36.4 Å². The number of aromatic nitrogens is 2. The summed E-state index contributed by atoms with van der Waals surface area (Å²) in [6, 6.07) is 17.0. The van der Waals surface area contributed by atoms with E-state index in [4.69, 9.17) is 12.2 Å². The number of aromatic amines is 1. The molecule has 27 heavy (non-hydrogen) atoms. The van der Waals surface area contributed by atoms with Gasteiger partial charge in [-0.2, -0.15) is 5.10 Å². The van der Waals surface area contributed by atoms with Gasteiger partial charge >= 0.3 is 6.03 Å². The molecule has 0 unspecified atom stereocenters. The number of para-hydroxylation sites is 2. The Kier molecular flexibility index (Phi) is 5.43. The summed E-state index contributed by atoms with van der Waals surface area (Å²) in [5.41, 5.74) is 2.61. The Morgan fingerprint density at radius 2 is 1.74 bits per heavy atom. The summed E-state index contributed by atoms with van der Waals surface area (Å²) in [5, 5.41) is 16.7. The van der Waals surface area contributed by atoms with Crippen LogP contribution in [0.15, 0.2) is 70.6 Å². The van der Waals surface area contributed by atoms with E-state index in [1.54, 1.807) is 48.5 Å². The number of carbonyl (C=O) groups is 1. The highest BCUT2D eigenvalue weighted by Crippen LogP contribution is 2.18. The molecule has 9 heteroatoms. The summed E-state index contributed by atoms with van der Waals surface area (Å²) >= 11 is 5.12. The fourth-order valence-corrected chi connectivity index (χ4v) is 2.59. The number of H-pyrrole nitrogens is 1. The third kappa shape index (κ3) is 4.28. The third-order valence-electron chi connectivity index (χ3n) is 3.53. The van der Waals surface area contributed by atoms with Gasteiger partial charge in [-0.3, -0.25) is 14.3 Å². The molecule has 3 rings (SSSR count). The molecule has 0 aliphatic heterocycles. The van der Waals surface area contributed by atoms with Gasteiger partial charge in [0, 0.05) is 5.69 Å². The Hall–Kier alpha value is -3.72. The number of amides is 2. The Bertz CT molecular complexity index is 1090. The summed E-state index contributed by atoms with van der Waals surface area (Å²) in [6.45, 7) is 0. The molecule has 2 amide bonds. The molecule has 0 saturated carbocycles. The van der Waals surface area contributed by atoms with Crippen LogP contribution in [0.1, 0.15) is 5.56 Å². The monoisotopic (exact) mass is 381 g/mol. The number of aromatic hydroxyl groups is 1. The maximum absolute atomic E-state index is 12.1. The number of benzene rings is 2. The first-order chi connectivity index (χ1) is 13.1. The van der Waals surface area contributed by atoms with Crippen LogP contribution in [0.5, 0.6) is 5.88 Å². The first kappa shape index (κ1) is 18.1. The average Bonchev–Trinajstić information content (AvgIpc) is 2.66. The van der Waals surface area contributed by atoms with E-state index in [9.17, 15) is 14.7 Å². The first-order valence-corrected chi connectivity index (χ1v) is 8.26. The summed E-state index contributed by atoms with van der Waals surface area (Å²) in [6.07, 6.45) is 1.05. The van der Waals surface area contributed by atoms with Crippen molar-refractivity contribution in [1.29, 1.82) is 0 Å². The molecule has 2 aromatic carbocycles. The zero-order valence-corrected chi connectivity index (χ0v) is 14.7.